The van der Waals surface area contributed by atoms with E-state index in [1.807, 2.05) is 50.2 Å². The second kappa shape index (κ2) is 10.3. The molecule has 1 aliphatic carbocycles. The molecule has 0 saturated carbocycles. The van der Waals surface area contributed by atoms with Crippen molar-refractivity contribution in [3.63, 3.8) is 0 Å². The van der Waals surface area contributed by atoms with Crippen LogP contribution in [0.1, 0.15) is 43.7 Å². The van der Waals surface area contributed by atoms with Crippen molar-refractivity contribution in [2.75, 3.05) is 13.2 Å². The van der Waals surface area contributed by atoms with Gasteiger partial charge in [-0.15, -0.1) is 0 Å². The number of nitrogens with one attached hydrogen (secondary N) is 2. The maximum Gasteiger partial charge on any atom is 0.407 e. The van der Waals surface area contributed by atoms with Gasteiger partial charge in [-0.1, -0.05) is 55.5 Å². The van der Waals surface area contributed by atoms with E-state index in [1.54, 1.807) is 0 Å². The molecule has 1 heterocycles. The molecule has 8 heteroatoms. The maximum absolute atomic E-state index is 12.9. The highest BCUT2D eigenvalue weighted by Gasteiger charge is 2.34. The summed E-state index contributed by atoms with van der Waals surface area (Å²) in [5, 5.41) is 14.5. The zero-order valence-corrected chi connectivity index (χ0v) is 19.3. The Bertz CT molecular complexity index is 1030. The Morgan fingerprint density at radius 1 is 1.06 bits per heavy atom. The van der Waals surface area contributed by atoms with Gasteiger partial charge in [-0.2, -0.15) is 0 Å². The third-order valence-corrected chi connectivity index (χ3v) is 6.84. The minimum Gasteiger partial charge on any atom is -0.481 e. The van der Waals surface area contributed by atoms with E-state index < -0.39 is 24.0 Å². The fourth-order valence-corrected chi connectivity index (χ4v) is 4.66. The number of benzene rings is 2. The second-order valence-electron chi connectivity index (χ2n) is 8.97. The van der Waals surface area contributed by atoms with Crippen LogP contribution in [0.25, 0.3) is 11.1 Å². The van der Waals surface area contributed by atoms with Crippen LogP contribution in [0.3, 0.4) is 0 Å². The Kier molecular flexibility index (Phi) is 7.17. The van der Waals surface area contributed by atoms with Crippen LogP contribution in [0.4, 0.5) is 4.79 Å². The Balaban J connectivity index is 1.40. The fourth-order valence-electron chi connectivity index (χ4n) is 4.66. The molecule has 2 aromatic carbocycles. The molecule has 8 nitrogen and oxygen atoms in total. The monoisotopic (exact) mass is 466 g/mol. The van der Waals surface area contributed by atoms with Gasteiger partial charge in [0.05, 0.1) is 18.8 Å². The van der Waals surface area contributed by atoms with Crippen LogP contribution in [0.5, 0.6) is 0 Å². The SMILES string of the molecule is CC1OCC(NC(=O)C(CCC(=O)O)NC(=O)OCC2c3ccccc3-c3ccccc32)C1C. The highest BCUT2D eigenvalue weighted by atomic mass is 16.5. The predicted octanol–water partition coefficient (Wildman–Crippen LogP) is 3.30. The van der Waals surface area contributed by atoms with Gasteiger partial charge in [-0.3, -0.25) is 9.59 Å². The largest absolute Gasteiger partial charge is 0.481 e. The van der Waals surface area contributed by atoms with Crippen LogP contribution in [0, 0.1) is 5.92 Å². The number of hydrogen-bond donors (Lipinski definition) is 3. The molecule has 0 spiro atoms. The van der Waals surface area contributed by atoms with Crippen LogP contribution >= 0.6 is 0 Å². The lowest BCUT2D eigenvalue weighted by molar-refractivity contribution is -0.137. The van der Waals surface area contributed by atoms with Crippen molar-refractivity contribution in [1.82, 2.24) is 10.6 Å². The third-order valence-electron chi connectivity index (χ3n) is 6.84. The summed E-state index contributed by atoms with van der Waals surface area (Å²) in [6, 6.07) is 14.8. The minimum absolute atomic E-state index is 0.0119. The second-order valence-corrected chi connectivity index (χ2v) is 8.97. The van der Waals surface area contributed by atoms with Crippen molar-refractivity contribution < 1.29 is 29.0 Å². The zero-order valence-electron chi connectivity index (χ0n) is 19.3. The molecule has 3 N–H and O–H groups in total. The molecule has 0 aromatic heterocycles. The summed E-state index contributed by atoms with van der Waals surface area (Å²) in [4.78, 5) is 36.6. The van der Waals surface area contributed by atoms with Crippen molar-refractivity contribution in [2.45, 2.75) is 50.8 Å². The molecular weight excluding hydrogens is 436 g/mol. The number of alkyl carbamates (subject to hydrolysis) is 1. The Hall–Kier alpha value is -3.39. The molecule has 4 atom stereocenters. The molecule has 2 aromatic rings. The van der Waals surface area contributed by atoms with E-state index in [9.17, 15) is 14.4 Å². The Labute approximate surface area is 198 Å². The van der Waals surface area contributed by atoms with E-state index in [0.717, 1.165) is 22.3 Å². The van der Waals surface area contributed by atoms with Crippen molar-refractivity contribution in [1.29, 1.82) is 0 Å². The molecule has 34 heavy (non-hydrogen) atoms. The van der Waals surface area contributed by atoms with E-state index in [4.69, 9.17) is 14.6 Å². The number of carbonyl (C=O) groups is 3. The van der Waals surface area contributed by atoms with E-state index in [0.29, 0.717) is 6.61 Å². The first-order chi connectivity index (χ1) is 16.3. The number of fused-ring (bicyclic) bond motifs is 3. The summed E-state index contributed by atoms with van der Waals surface area (Å²) in [5.41, 5.74) is 4.41. The van der Waals surface area contributed by atoms with Gasteiger partial charge in [0.15, 0.2) is 0 Å². The van der Waals surface area contributed by atoms with E-state index >= 15 is 0 Å². The van der Waals surface area contributed by atoms with Gasteiger partial charge < -0.3 is 25.2 Å². The quantitative estimate of drug-likeness (QED) is 0.550. The topological polar surface area (TPSA) is 114 Å². The molecule has 2 amide bonds. The Morgan fingerprint density at radius 2 is 1.68 bits per heavy atom. The van der Waals surface area contributed by atoms with Gasteiger partial charge in [0.1, 0.15) is 12.6 Å². The van der Waals surface area contributed by atoms with Crippen LogP contribution in [-0.2, 0) is 19.1 Å². The number of carboxylic acids is 1. The van der Waals surface area contributed by atoms with E-state index in [1.165, 1.54) is 0 Å². The molecule has 2 aliphatic rings. The first-order valence-electron chi connectivity index (χ1n) is 11.6. The number of rotatable bonds is 8. The van der Waals surface area contributed by atoms with Gasteiger partial charge in [0.2, 0.25) is 5.91 Å². The summed E-state index contributed by atoms with van der Waals surface area (Å²) in [7, 11) is 0. The molecule has 0 radical (unpaired) electrons. The van der Waals surface area contributed by atoms with Gasteiger partial charge >= 0.3 is 12.1 Å². The van der Waals surface area contributed by atoms with E-state index in [2.05, 4.69) is 22.8 Å². The lowest BCUT2D eigenvalue weighted by Crippen LogP contribution is -2.51. The normalized spacial score (nSPS) is 21.9. The third kappa shape index (κ3) is 5.07. The van der Waals surface area contributed by atoms with Crippen LogP contribution < -0.4 is 10.6 Å². The van der Waals surface area contributed by atoms with Crippen LogP contribution in [0.15, 0.2) is 48.5 Å². The standard InChI is InChI=1S/C26H30N2O6/c1-15-16(2)33-14-23(15)27-25(31)22(11-12-24(29)30)28-26(32)34-13-21-19-9-5-3-7-17(19)18-8-4-6-10-20(18)21/h3-10,15-16,21-23H,11-14H2,1-2H3,(H,27,31)(H,28,32)(H,29,30). The minimum atomic E-state index is -1.04. The lowest BCUT2D eigenvalue weighted by atomic mass is 9.98. The number of carboxylic acid groups (broad SMARTS) is 1. The molecule has 4 unspecified atom stereocenters. The van der Waals surface area contributed by atoms with Gasteiger partial charge in [0.25, 0.3) is 0 Å². The highest BCUT2D eigenvalue weighted by Crippen LogP contribution is 2.44. The molecule has 1 saturated heterocycles. The number of ether oxygens (including phenoxy) is 2. The first kappa shape index (κ1) is 23.8. The zero-order chi connectivity index (χ0) is 24.2. The first-order valence-corrected chi connectivity index (χ1v) is 11.6. The average molecular weight is 467 g/mol. The fraction of sp³-hybridized carbons (Fsp3) is 0.423. The van der Waals surface area contributed by atoms with Crippen molar-refractivity contribution in [3.05, 3.63) is 59.7 Å². The van der Waals surface area contributed by atoms with Gasteiger partial charge in [-0.25, -0.2) is 4.79 Å². The number of aliphatic carboxylic acids is 1. The summed E-state index contributed by atoms with van der Waals surface area (Å²) in [6.45, 7) is 4.41. The summed E-state index contributed by atoms with van der Waals surface area (Å²) < 4.78 is 11.1. The smallest absolute Gasteiger partial charge is 0.407 e. The van der Waals surface area contributed by atoms with Crippen molar-refractivity contribution >= 4 is 18.0 Å². The predicted molar refractivity (Wildman–Crippen MR) is 125 cm³/mol. The molecule has 180 valence electrons. The van der Waals surface area contributed by atoms with E-state index in [-0.39, 0.29) is 43.4 Å². The average Bonchev–Trinajstić information content (AvgIpc) is 3.32. The number of amides is 2. The van der Waals surface area contributed by atoms with Crippen molar-refractivity contribution in [3.8, 4) is 11.1 Å². The van der Waals surface area contributed by atoms with Gasteiger partial charge in [0, 0.05) is 18.3 Å². The molecule has 1 fully saturated rings. The molecule has 1 aliphatic heterocycles. The lowest BCUT2D eigenvalue weighted by Gasteiger charge is -2.23. The van der Waals surface area contributed by atoms with Gasteiger partial charge in [-0.05, 0) is 35.6 Å². The summed E-state index contributed by atoms with van der Waals surface area (Å²) >= 11 is 0. The van der Waals surface area contributed by atoms with Crippen LogP contribution in [0.2, 0.25) is 0 Å². The highest BCUT2D eigenvalue weighted by molar-refractivity contribution is 5.86. The number of carbonyl (C=O) groups excluding carboxylic acids is 2. The Morgan fingerprint density at radius 3 is 2.24 bits per heavy atom. The number of hydrogen-bond acceptors (Lipinski definition) is 5. The summed E-state index contributed by atoms with van der Waals surface area (Å²) in [5.74, 6) is -1.48. The molecule has 0 bridgehead atoms. The maximum atomic E-state index is 12.9. The van der Waals surface area contributed by atoms with Crippen molar-refractivity contribution in [2.24, 2.45) is 5.92 Å². The van der Waals surface area contributed by atoms with Crippen LogP contribution in [-0.4, -0.2) is 54.5 Å². The molecular formula is C26H30N2O6. The summed E-state index contributed by atoms with van der Waals surface area (Å²) in [6.07, 6.45) is -1.04. The molecule has 4 rings (SSSR count).